The van der Waals surface area contributed by atoms with Gasteiger partial charge in [0.25, 0.3) is 0 Å². The molecule has 1 aliphatic heterocycles. The third-order valence-electron chi connectivity index (χ3n) is 2.85. The molecule has 1 heterocycles. The Morgan fingerprint density at radius 3 is 2.93 bits per heavy atom. The summed E-state index contributed by atoms with van der Waals surface area (Å²) in [4.78, 5) is 0. The van der Waals surface area contributed by atoms with E-state index in [0.29, 0.717) is 6.04 Å². The molecule has 0 saturated heterocycles. The summed E-state index contributed by atoms with van der Waals surface area (Å²) in [6.45, 7) is 3.15. The predicted molar refractivity (Wildman–Crippen MR) is 60.3 cm³/mol. The normalized spacial score (nSPS) is 18.6. The molecule has 14 heavy (non-hydrogen) atoms. The van der Waals surface area contributed by atoms with Crippen LogP contribution in [0.3, 0.4) is 0 Å². The average molecular weight is 197 g/mol. The van der Waals surface area contributed by atoms with Crippen LogP contribution in [0.25, 0.3) is 0 Å². The second-order valence-corrected chi connectivity index (χ2v) is 4.00. The van der Waals surface area contributed by atoms with Gasteiger partial charge in [-0.1, -0.05) is 26.2 Å². The van der Waals surface area contributed by atoms with E-state index in [-0.39, 0.29) is 0 Å². The highest BCUT2D eigenvalue weighted by molar-refractivity contribution is 5.09. The van der Waals surface area contributed by atoms with Gasteiger partial charge >= 0.3 is 0 Å². The molecule has 0 aliphatic carbocycles. The van der Waals surface area contributed by atoms with Crippen molar-refractivity contribution in [3.8, 4) is 0 Å². The maximum absolute atomic E-state index is 5.37. The third kappa shape index (κ3) is 3.70. The van der Waals surface area contributed by atoms with Crippen molar-refractivity contribution in [3.05, 3.63) is 11.8 Å². The number of hydrogen-bond acceptors (Lipinski definition) is 2. The molecule has 0 aromatic rings. The van der Waals surface area contributed by atoms with Crippen LogP contribution in [0.1, 0.15) is 45.4 Å². The van der Waals surface area contributed by atoms with Gasteiger partial charge in [-0.25, -0.2) is 0 Å². The lowest BCUT2D eigenvalue weighted by atomic mass is 9.97. The zero-order valence-electron chi connectivity index (χ0n) is 9.51. The van der Waals surface area contributed by atoms with Gasteiger partial charge < -0.3 is 10.1 Å². The summed E-state index contributed by atoms with van der Waals surface area (Å²) in [5, 5.41) is 3.38. The van der Waals surface area contributed by atoms with E-state index in [4.69, 9.17) is 4.74 Å². The van der Waals surface area contributed by atoms with Crippen molar-refractivity contribution in [2.75, 3.05) is 13.7 Å². The molecule has 0 spiro atoms. The van der Waals surface area contributed by atoms with E-state index in [0.717, 1.165) is 6.61 Å². The first-order valence-corrected chi connectivity index (χ1v) is 5.86. The minimum atomic E-state index is 0.543. The maximum Gasteiger partial charge on any atom is 0.0876 e. The number of unbranched alkanes of at least 4 members (excludes halogenated alkanes) is 2. The van der Waals surface area contributed by atoms with E-state index < -0.39 is 0 Å². The fourth-order valence-corrected chi connectivity index (χ4v) is 1.95. The Balaban J connectivity index is 2.32. The van der Waals surface area contributed by atoms with Gasteiger partial charge in [-0.05, 0) is 31.9 Å². The Morgan fingerprint density at radius 2 is 2.36 bits per heavy atom. The van der Waals surface area contributed by atoms with Crippen LogP contribution < -0.4 is 5.32 Å². The first-order valence-electron chi connectivity index (χ1n) is 5.86. The second-order valence-electron chi connectivity index (χ2n) is 4.00. The Hall–Kier alpha value is -0.500. The van der Waals surface area contributed by atoms with E-state index in [1.165, 1.54) is 44.1 Å². The van der Waals surface area contributed by atoms with Crippen molar-refractivity contribution >= 4 is 0 Å². The fraction of sp³-hybridized carbons (Fsp3) is 0.833. The Morgan fingerprint density at radius 1 is 1.50 bits per heavy atom. The molecular formula is C12H23NO. The average Bonchev–Trinajstić information content (AvgIpc) is 2.26. The van der Waals surface area contributed by atoms with Crippen LogP contribution in [0.15, 0.2) is 11.8 Å². The molecule has 0 fully saturated rings. The van der Waals surface area contributed by atoms with Crippen molar-refractivity contribution in [2.45, 2.75) is 51.5 Å². The van der Waals surface area contributed by atoms with Gasteiger partial charge in [0.1, 0.15) is 0 Å². The van der Waals surface area contributed by atoms with Gasteiger partial charge in [-0.15, -0.1) is 0 Å². The van der Waals surface area contributed by atoms with Gasteiger partial charge in [0, 0.05) is 6.04 Å². The monoisotopic (exact) mass is 197 g/mol. The van der Waals surface area contributed by atoms with E-state index in [1.54, 1.807) is 0 Å². The van der Waals surface area contributed by atoms with Gasteiger partial charge in [0.2, 0.25) is 0 Å². The van der Waals surface area contributed by atoms with Gasteiger partial charge in [-0.3, -0.25) is 0 Å². The molecule has 0 aromatic carbocycles. The van der Waals surface area contributed by atoms with Crippen molar-refractivity contribution < 1.29 is 4.74 Å². The van der Waals surface area contributed by atoms with Gasteiger partial charge in [-0.2, -0.15) is 0 Å². The number of rotatable bonds is 6. The molecule has 1 rings (SSSR count). The van der Waals surface area contributed by atoms with Crippen LogP contribution in [0, 0.1) is 0 Å². The minimum absolute atomic E-state index is 0.543. The highest BCUT2D eigenvalue weighted by Crippen LogP contribution is 2.19. The molecule has 1 atom stereocenters. The van der Waals surface area contributed by atoms with Crippen LogP contribution in [0.4, 0.5) is 0 Å². The maximum atomic E-state index is 5.37. The topological polar surface area (TPSA) is 21.3 Å². The summed E-state index contributed by atoms with van der Waals surface area (Å²) in [5.41, 5.74) is 1.45. The van der Waals surface area contributed by atoms with Crippen molar-refractivity contribution in [3.63, 3.8) is 0 Å². The largest absolute Gasteiger partial charge is 0.501 e. The van der Waals surface area contributed by atoms with Crippen LogP contribution in [0.2, 0.25) is 0 Å². The fourth-order valence-electron chi connectivity index (χ4n) is 1.95. The molecule has 1 unspecified atom stereocenters. The molecular weight excluding hydrogens is 174 g/mol. The van der Waals surface area contributed by atoms with Crippen LogP contribution in [-0.2, 0) is 4.74 Å². The van der Waals surface area contributed by atoms with E-state index >= 15 is 0 Å². The number of nitrogens with one attached hydrogen (secondary N) is 1. The Kier molecular flexibility index (Phi) is 5.69. The van der Waals surface area contributed by atoms with E-state index in [1.807, 2.05) is 13.3 Å². The zero-order chi connectivity index (χ0) is 10.2. The first kappa shape index (κ1) is 11.6. The summed E-state index contributed by atoms with van der Waals surface area (Å²) < 4.78 is 5.37. The lowest BCUT2D eigenvalue weighted by Gasteiger charge is -2.22. The molecule has 0 saturated carbocycles. The lowest BCUT2D eigenvalue weighted by Crippen LogP contribution is -2.28. The molecule has 1 aliphatic rings. The number of ether oxygens (including phenoxy) is 1. The molecule has 0 aromatic heterocycles. The van der Waals surface area contributed by atoms with Crippen molar-refractivity contribution in [1.82, 2.24) is 5.32 Å². The molecule has 1 N–H and O–H groups in total. The summed E-state index contributed by atoms with van der Waals surface area (Å²) >= 11 is 0. The van der Waals surface area contributed by atoms with Gasteiger partial charge in [0.05, 0.1) is 12.9 Å². The summed E-state index contributed by atoms with van der Waals surface area (Å²) in [7, 11) is 2.05. The SMILES string of the molecule is CCCCCC(NC)C1=COCCC1. The van der Waals surface area contributed by atoms with E-state index in [9.17, 15) is 0 Å². The zero-order valence-corrected chi connectivity index (χ0v) is 9.51. The highest BCUT2D eigenvalue weighted by atomic mass is 16.5. The molecule has 2 nitrogen and oxygen atoms in total. The Bertz CT molecular complexity index is 177. The molecule has 0 amide bonds. The smallest absolute Gasteiger partial charge is 0.0876 e. The molecule has 82 valence electrons. The second kappa shape index (κ2) is 6.88. The third-order valence-corrected chi connectivity index (χ3v) is 2.85. The van der Waals surface area contributed by atoms with Crippen LogP contribution >= 0.6 is 0 Å². The number of hydrogen-bond donors (Lipinski definition) is 1. The molecule has 2 heteroatoms. The lowest BCUT2D eigenvalue weighted by molar-refractivity contribution is 0.219. The minimum Gasteiger partial charge on any atom is -0.501 e. The van der Waals surface area contributed by atoms with Gasteiger partial charge in [0.15, 0.2) is 0 Å². The van der Waals surface area contributed by atoms with Crippen molar-refractivity contribution in [1.29, 1.82) is 0 Å². The van der Waals surface area contributed by atoms with Crippen LogP contribution in [-0.4, -0.2) is 19.7 Å². The van der Waals surface area contributed by atoms with Crippen molar-refractivity contribution in [2.24, 2.45) is 0 Å². The van der Waals surface area contributed by atoms with E-state index in [2.05, 4.69) is 12.2 Å². The quantitative estimate of drug-likeness (QED) is 0.661. The first-order chi connectivity index (χ1) is 6.88. The standard InChI is InChI=1S/C12H23NO/c1-3-4-5-8-12(13-2)11-7-6-9-14-10-11/h10,12-13H,3-9H2,1-2H3. The summed E-state index contributed by atoms with van der Waals surface area (Å²) in [5.74, 6) is 0. The van der Waals surface area contributed by atoms with Crippen LogP contribution in [0.5, 0.6) is 0 Å². The summed E-state index contributed by atoms with van der Waals surface area (Å²) in [6, 6.07) is 0.543. The predicted octanol–water partition coefficient (Wildman–Crippen LogP) is 2.85. The summed E-state index contributed by atoms with van der Waals surface area (Å²) in [6.07, 6.45) is 9.56. The Labute approximate surface area is 87.7 Å². The number of likely N-dealkylation sites (N-methyl/N-ethyl adjacent to an activating group) is 1. The molecule has 0 bridgehead atoms. The highest BCUT2D eigenvalue weighted by Gasteiger charge is 2.14. The molecule has 0 radical (unpaired) electrons.